The highest BCUT2D eigenvalue weighted by atomic mass is 32.2. The van der Waals surface area contributed by atoms with Crippen LogP contribution in [0.4, 0.5) is 0 Å². The molecule has 2 rings (SSSR count). The molecule has 2 nitrogen and oxygen atoms in total. The van der Waals surface area contributed by atoms with Gasteiger partial charge in [0.15, 0.2) is 0 Å². The van der Waals surface area contributed by atoms with Crippen LogP contribution in [-0.2, 0) is 0 Å². The molecule has 0 fully saturated rings. The van der Waals surface area contributed by atoms with Gasteiger partial charge < -0.3 is 5.11 Å². The van der Waals surface area contributed by atoms with Crippen molar-refractivity contribution in [3.63, 3.8) is 0 Å². The van der Waals surface area contributed by atoms with Crippen molar-refractivity contribution in [1.29, 1.82) is 0 Å². The lowest BCUT2D eigenvalue weighted by Crippen LogP contribution is -2.19. The van der Waals surface area contributed by atoms with Crippen molar-refractivity contribution in [3.05, 3.63) is 17.0 Å². The van der Waals surface area contributed by atoms with E-state index in [1.54, 1.807) is 23.3 Å². The van der Waals surface area contributed by atoms with E-state index < -0.39 is 0 Å². The van der Waals surface area contributed by atoms with Gasteiger partial charge in [0.05, 0.1) is 10.3 Å². The molecular weight excluding hydrogens is 166 g/mol. The maximum absolute atomic E-state index is 9.38. The predicted octanol–water partition coefficient (Wildman–Crippen LogP) is 1.39. The summed E-state index contributed by atoms with van der Waals surface area (Å²) in [6, 6.07) is 1.98. The van der Waals surface area contributed by atoms with Gasteiger partial charge in [-0.2, -0.15) is 0 Å². The van der Waals surface area contributed by atoms with Gasteiger partial charge in [-0.15, -0.1) is 11.3 Å². The average Bonchev–Trinajstić information content (AvgIpc) is 2.36. The van der Waals surface area contributed by atoms with E-state index in [4.69, 9.17) is 0 Å². The zero-order valence-electron chi connectivity index (χ0n) is 5.20. The van der Waals surface area contributed by atoms with E-state index in [1.807, 2.05) is 11.4 Å². The van der Waals surface area contributed by atoms with E-state index in [-0.39, 0.29) is 6.10 Å². The lowest BCUT2D eigenvalue weighted by molar-refractivity contribution is 0.178. The highest BCUT2D eigenvalue weighted by Gasteiger charge is 2.18. The Morgan fingerprint density at radius 1 is 1.70 bits per heavy atom. The Morgan fingerprint density at radius 2 is 2.60 bits per heavy atom. The maximum Gasteiger partial charge on any atom is 0.0943 e. The van der Waals surface area contributed by atoms with Crippen LogP contribution < -0.4 is 4.72 Å². The molecule has 10 heavy (non-hydrogen) atoms. The minimum Gasteiger partial charge on any atom is -0.387 e. The Kier molecular flexibility index (Phi) is 1.69. The normalized spacial score (nSPS) is 24.3. The summed E-state index contributed by atoms with van der Waals surface area (Å²) in [6.07, 6.45) is -0.303. The second-order valence-corrected chi connectivity index (χ2v) is 4.21. The Labute approximate surface area is 67.4 Å². The molecule has 0 saturated heterocycles. The fourth-order valence-corrected chi connectivity index (χ4v) is 2.84. The van der Waals surface area contributed by atoms with Gasteiger partial charge in [-0.05, 0) is 23.4 Å². The summed E-state index contributed by atoms with van der Waals surface area (Å²) in [7, 11) is 0. The zero-order chi connectivity index (χ0) is 6.97. The molecule has 0 bridgehead atoms. The van der Waals surface area contributed by atoms with Crippen LogP contribution in [0.5, 0.6) is 0 Å². The SMILES string of the molecule is O[C@@H]1CNSc2sccc21. The summed E-state index contributed by atoms with van der Waals surface area (Å²) >= 11 is 3.28. The van der Waals surface area contributed by atoms with Crippen LogP contribution in [0.25, 0.3) is 0 Å². The summed E-state index contributed by atoms with van der Waals surface area (Å²) in [6.45, 7) is 0.661. The van der Waals surface area contributed by atoms with Crippen molar-refractivity contribution >= 4 is 23.3 Å². The van der Waals surface area contributed by atoms with Crippen molar-refractivity contribution < 1.29 is 5.11 Å². The van der Waals surface area contributed by atoms with Gasteiger partial charge in [0.2, 0.25) is 0 Å². The second kappa shape index (κ2) is 2.54. The van der Waals surface area contributed by atoms with Gasteiger partial charge in [0.25, 0.3) is 0 Å². The fraction of sp³-hybridized carbons (Fsp3) is 0.333. The molecular formula is C6H7NOS2. The summed E-state index contributed by atoms with van der Waals surface area (Å²) in [4.78, 5) is 0. The maximum atomic E-state index is 9.38. The Morgan fingerprint density at radius 3 is 3.40 bits per heavy atom. The second-order valence-electron chi connectivity index (χ2n) is 2.13. The molecule has 0 amide bonds. The Hall–Kier alpha value is -0.0300. The molecule has 2 N–H and O–H groups in total. The average molecular weight is 173 g/mol. The first-order valence-electron chi connectivity index (χ1n) is 3.03. The van der Waals surface area contributed by atoms with Crippen LogP contribution in [0.1, 0.15) is 11.7 Å². The van der Waals surface area contributed by atoms with E-state index in [2.05, 4.69) is 4.72 Å². The van der Waals surface area contributed by atoms with Crippen LogP contribution in [0.15, 0.2) is 15.7 Å². The molecule has 0 aromatic carbocycles. The van der Waals surface area contributed by atoms with E-state index >= 15 is 0 Å². The quantitative estimate of drug-likeness (QED) is 0.581. The van der Waals surface area contributed by atoms with E-state index in [1.165, 1.54) is 4.21 Å². The predicted molar refractivity (Wildman–Crippen MR) is 43.1 cm³/mol. The van der Waals surface area contributed by atoms with Crippen molar-refractivity contribution in [2.45, 2.75) is 10.3 Å². The summed E-state index contributed by atoms with van der Waals surface area (Å²) in [5.74, 6) is 0. The van der Waals surface area contributed by atoms with Crippen molar-refractivity contribution in [1.82, 2.24) is 4.72 Å². The molecule has 0 spiro atoms. The summed E-state index contributed by atoms with van der Waals surface area (Å²) in [5.41, 5.74) is 1.08. The topological polar surface area (TPSA) is 32.3 Å². The van der Waals surface area contributed by atoms with Gasteiger partial charge in [0, 0.05) is 12.1 Å². The molecule has 1 aliphatic heterocycles. The van der Waals surface area contributed by atoms with Gasteiger partial charge in [-0.1, -0.05) is 0 Å². The minimum absolute atomic E-state index is 0.303. The molecule has 54 valence electrons. The van der Waals surface area contributed by atoms with Gasteiger partial charge >= 0.3 is 0 Å². The Balaban J connectivity index is 2.41. The Bertz CT molecular complexity index is 235. The van der Waals surface area contributed by atoms with Gasteiger partial charge in [0.1, 0.15) is 0 Å². The fourth-order valence-electron chi connectivity index (χ4n) is 0.931. The van der Waals surface area contributed by atoms with Crippen molar-refractivity contribution in [2.75, 3.05) is 6.54 Å². The lowest BCUT2D eigenvalue weighted by Gasteiger charge is -2.16. The van der Waals surface area contributed by atoms with Crippen LogP contribution >= 0.6 is 23.3 Å². The van der Waals surface area contributed by atoms with E-state index in [9.17, 15) is 5.11 Å². The number of hydrogen-bond donors (Lipinski definition) is 2. The van der Waals surface area contributed by atoms with Gasteiger partial charge in [-0.3, -0.25) is 4.72 Å². The molecule has 0 radical (unpaired) electrons. The number of β-amino-alcohol motifs (C(OH)–C–C–N with tert-alkyl or cyclic N) is 1. The minimum atomic E-state index is -0.303. The largest absolute Gasteiger partial charge is 0.387 e. The third kappa shape index (κ3) is 0.971. The first kappa shape index (κ1) is 6.67. The first-order chi connectivity index (χ1) is 4.88. The van der Waals surface area contributed by atoms with Crippen molar-refractivity contribution in [2.24, 2.45) is 0 Å². The number of nitrogens with one attached hydrogen (secondary N) is 1. The summed E-state index contributed by atoms with van der Waals surface area (Å²) in [5, 5.41) is 11.4. The third-order valence-electron chi connectivity index (χ3n) is 1.46. The van der Waals surface area contributed by atoms with Crippen molar-refractivity contribution in [3.8, 4) is 0 Å². The summed E-state index contributed by atoms with van der Waals surface area (Å²) < 4.78 is 4.25. The third-order valence-corrected chi connectivity index (χ3v) is 3.45. The number of hydrogen-bond acceptors (Lipinski definition) is 4. The molecule has 0 aliphatic carbocycles. The molecule has 2 heterocycles. The first-order valence-corrected chi connectivity index (χ1v) is 4.72. The molecule has 0 saturated carbocycles. The molecule has 1 aliphatic rings. The molecule has 1 aromatic rings. The smallest absolute Gasteiger partial charge is 0.0943 e. The molecule has 1 aromatic heterocycles. The van der Waals surface area contributed by atoms with Crippen LogP contribution in [-0.4, -0.2) is 11.7 Å². The molecule has 4 heteroatoms. The standard InChI is InChI=1S/C6H7NOS2/c8-5-3-7-10-6-4(5)1-2-9-6/h1-2,5,7-8H,3H2/t5-/m1/s1. The monoisotopic (exact) mass is 173 g/mol. The molecule has 1 atom stereocenters. The number of fused-ring (bicyclic) bond motifs is 1. The van der Waals surface area contributed by atoms with E-state index in [0.717, 1.165) is 5.56 Å². The van der Waals surface area contributed by atoms with Crippen LogP contribution in [0, 0.1) is 0 Å². The van der Waals surface area contributed by atoms with Crippen LogP contribution in [0.2, 0.25) is 0 Å². The number of aliphatic hydroxyl groups is 1. The lowest BCUT2D eigenvalue weighted by atomic mass is 10.2. The number of aliphatic hydroxyl groups excluding tert-OH is 1. The number of thiophene rings is 1. The van der Waals surface area contributed by atoms with Crippen LogP contribution in [0.3, 0.4) is 0 Å². The van der Waals surface area contributed by atoms with E-state index in [0.29, 0.717) is 6.54 Å². The molecule has 0 unspecified atom stereocenters. The highest BCUT2D eigenvalue weighted by Crippen LogP contribution is 2.34. The highest BCUT2D eigenvalue weighted by molar-refractivity contribution is 7.99. The zero-order valence-corrected chi connectivity index (χ0v) is 6.84. The van der Waals surface area contributed by atoms with Gasteiger partial charge in [-0.25, -0.2) is 0 Å². The number of rotatable bonds is 0.